The topological polar surface area (TPSA) is 0 Å². The minimum Gasteiger partial charge on any atom is -1.00 e. The fourth-order valence-corrected chi connectivity index (χ4v) is 1.80. The van der Waals surface area contributed by atoms with Crippen molar-refractivity contribution in [3.8, 4) is 0 Å². The predicted octanol–water partition coefficient (Wildman–Crippen LogP) is -0.947. The van der Waals surface area contributed by atoms with Gasteiger partial charge in [-0.15, -0.1) is 0 Å². The molecule has 12 heavy (non-hydrogen) atoms. The SMILES string of the molecule is C[N+](C)(C)C[C@@H]1CC=CCC1.[I-]. The molecule has 0 unspecified atom stereocenters. The first-order valence-corrected chi connectivity index (χ1v) is 4.53. The van der Waals surface area contributed by atoms with Gasteiger partial charge in [0, 0.05) is 5.92 Å². The Kier molecular flexibility index (Phi) is 5.41. The summed E-state index contributed by atoms with van der Waals surface area (Å²) < 4.78 is 1.11. The van der Waals surface area contributed by atoms with Crippen LogP contribution in [0.1, 0.15) is 19.3 Å². The van der Waals surface area contributed by atoms with Crippen LogP contribution in [-0.2, 0) is 0 Å². The lowest BCUT2D eigenvalue weighted by Gasteiger charge is -2.29. The van der Waals surface area contributed by atoms with Crippen molar-refractivity contribution in [2.45, 2.75) is 19.3 Å². The quantitative estimate of drug-likeness (QED) is 0.348. The Morgan fingerprint density at radius 1 is 1.25 bits per heavy atom. The minimum atomic E-state index is 0. The highest BCUT2D eigenvalue weighted by Crippen LogP contribution is 2.19. The molecule has 1 rings (SSSR count). The van der Waals surface area contributed by atoms with Gasteiger partial charge in [-0.25, -0.2) is 0 Å². The predicted molar refractivity (Wildman–Crippen MR) is 49.4 cm³/mol. The van der Waals surface area contributed by atoms with Crippen LogP contribution in [-0.4, -0.2) is 32.2 Å². The molecule has 0 aromatic rings. The van der Waals surface area contributed by atoms with Crippen LogP contribution in [0, 0.1) is 5.92 Å². The van der Waals surface area contributed by atoms with Gasteiger partial charge in [0.05, 0.1) is 27.7 Å². The standard InChI is InChI=1S/C10H20N.HI/c1-11(2,3)9-10-7-5-4-6-8-10;/h4-5,10H,6-9H2,1-3H3;1H/q+1;/p-1/t10-;/m1./s1. The third-order valence-electron chi connectivity index (χ3n) is 2.18. The van der Waals surface area contributed by atoms with Gasteiger partial charge >= 0.3 is 0 Å². The Morgan fingerprint density at radius 2 is 1.92 bits per heavy atom. The molecule has 1 aliphatic carbocycles. The summed E-state index contributed by atoms with van der Waals surface area (Å²) in [5, 5.41) is 0. The molecular formula is C10H20IN. The van der Waals surface area contributed by atoms with E-state index in [0.717, 1.165) is 10.4 Å². The van der Waals surface area contributed by atoms with E-state index in [1.165, 1.54) is 25.8 Å². The molecule has 1 aliphatic rings. The normalized spacial score (nSPS) is 23.4. The van der Waals surface area contributed by atoms with Crippen LogP contribution in [0.15, 0.2) is 12.2 Å². The van der Waals surface area contributed by atoms with E-state index in [0.29, 0.717) is 0 Å². The van der Waals surface area contributed by atoms with E-state index in [9.17, 15) is 0 Å². The molecule has 0 saturated heterocycles. The lowest BCUT2D eigenvalue weighted by atomic mass is 9.94. The Hall–Kier alpha value is 0.430. The van der Waals surface area contributed by atoms with Gasteiger partial charge < -0.3 is 28.5 Å². The Morgan fingerprint density at radius 3 is 2.33 bits per heavy atom. The summed E-state index contributed by atoms with van der Waals surface area (Å²) in [5.74, 6) is 0.931. The smallest absolute Gasteiger partial charge is 0.0812 e. The van der Waals surface area contributed by atoms with E-state index in [1.807, 2.05) is 0 Å². The van der Waals surface area contributed by atoms with Crippen LogP contribution >= 0.6 is 0 Å². The van der Waals surface area contributed by atoms with E-state index >= 15 is 0 Å². The number of hydrogen-bond donors (Lipinski definition) is 0. The van der Waals surface area contributed by atoms with Crippen molar-refractivity contribution in [2.24, 2.45) is 5.92 Å². The third-order valence-corrected chi connectivity index (χ3v) is 2.18. The summed E-state index contributed by atoms with van der Waals surface area (Å²) in [6, 6.07) is 0. The highest BCUT2D eigenvalue weighted by molar-refractivity contribution is 4.89. The number of nitrogens with zero attached hydrogens (tertiary/aromatic N) is 1. The van der Waals surface area contributed by atoms with Gasteiger partial charge in [-0.2, -0.15) is 0 Å². The molecule has 0 bridgehead atoms. The van der Waals surface area contributed by atoms with Gasteiger partial charge in [-0.1, -0.05) is 12.2 Å². The molecule has 0 heterocycles. The first-order valence-electron chi connectivity index (χ1n) is 4.53. The van der Waals surface area contributed by atoms with Gasteiger partial charge in [0.1, 0.15) is 0 Å². The molecule has 0 spiro atoms. The largest absolute Gasteiger partial charge is 1.00 e. The van der Waals surface area contributed by atoms with Crippen LogP contribution in [0.25, 0.3) is 0 Å². The van der Waals surface area contributed by atoms with Crippen molar-refractivity contribution in [3.05, 3.63) is 12.2 Å². The first kappa shape index (κ1) is 12.4. The molecule has 0 saturated carbocycles. The van der Waals surface area contributed by atoms with Crippen LogP contribution in [0.2, 0.25) is 0 Å². The van der Waals surface area contributed by atoms with E-state index < -0.39 is 0 Å². The number of quaternary nitrogens is 1. The Balaban J connectivity index is 0.00000121. The Bertz CT molecular complexity index is 146. The average Bonchev–Trinajstić information content (AvgIpc) is 1.85. The molecule has 0 amide bonds. The molecule has 0 aromatic heterocycles. The number of halogens is 1. The minimum absolute atomic E-state index is 0. The van der Waals surface area contributed by atoms with Gasteiger partial charge in [0.15, 0.2) is 0 Å². The van der Waals surface area contributed by atoms with E-state index in [4.69, 9.17) is 0 Å². The van der Waals surface area contributed by atoms with Crippen LogP contribution in [0.5, 0.6) is 0 Å². The number of hydrogen-bond acceptors (Lipinski definition) is 0. The molecule has 1 nitrogen and oxygen atoms in total. The zero-order valence-corrected chi connectivity index (χ0v) is 10.5. The molecule has 0 fully saturated rings. The van der Waals surface area contributed by atoms with E-state index in [-0.39, 0.29) is 24.0 Å². The molecule has 0 N–H and O–H groups in total. The summed E-state index contributed by atoms with van der Waals surface area (Å²) in [7, 11) is 6.83. The second-order valence-corrected chi connectivity index (χ2v) is 4.62. The van der Waals surface area contributed by atoms with Crippen molar-refractivity contribution >= 4 is 0 Å². The molecule has 0 aliphatic heterocycles. The molecular weight excluding hydrogens is 261 g/mol. The van der Waals surface area contributed by atoms with Gasteiger partial charge in [-0.05, 0) is 19.3 Å². The molecule has 2 heteroatoms. The number of allylic oxidation sites excluding steroid dienone is 2. The second kappa shape index (κ2) is 5.22. The summed E-state index contributed by atoms with van der Waals surface area (Å²) >= 11 is 0. The fraction of sp³-hybridized carbons (Fsp3) is 0.800. The maximum atomic E-state index is 2.34. The zero-order chi connectivity index (χ0) is 8.32. The van der Waals surface area contributed by atoms with Gasteiger partial charge in [-0.3, -0.25) is 0 Å². The third kappa shape index (κ3) is 5.14. The summed E-state index contributed by atoms with van der Waals surface area (Å²) in [4.78, 5) is 0. The summed E-state index contributed by atoms with van der Waals surface area (Å²) in [5.41, 5.74) is 0. The van der Waals surface area contributed by atoms with E-state index in [2.05, 4.69) is 33.3 Å². The second-order valence-electron chi connectivity index (χ2n) is 4.62. The summed E-state index contributed by atoms with van der Waals surface area (Å²) in [6.07, 6.45) is 8.64. The monoisotopic (exact) mass is 281 g/mol. The molecule has 1 atom stereocenters. The van der Waals surface area contributed by atoms with Gasteiger partial charge in [0.2, 0.25) is 0 Å². The van der Waals surface area contributed by atoms with E-state index in [1.54, 1.807) is 0 Å². The molecule has 72 valence electrons. The maximum Gasteiger partial charge on any atom is 0.0812 e. The zero-order valence-electron chi connectivity index (χ0n) is 8.39. The maximum absolute atomic E-state index is 2.34. The lowest BCUT2D eigenvalue weighted by molar-refractivity contribution is -0.873. The average molecular weight is 281 g/mol. The first-order chi connectivity index (χ1) is 5.08. The fourth-order valence-electron chi connectivity index (χ4n) is 1.80. The summed E-state index contributed by atoms with van der Waals surface area (Å²) in [6.45, 7) is 1.32. The lowest BCUT2D eigenvalue weighted by Crippen LogP contribution is -3.00. The molecule has 0 aromatic carbocycles. The van der Waals surface area contributed by atoms with Crippen LogP contribution in [0.3, 0.4) is 0 Å². The van der Waals surface area contributed by atoms with Crippen LogP contribution < -0.4 is 24.0 Å². The van der Waals surface area contributed by atoms with Crippen molar-refractivity contribution in [1.82, 2.24) is 0 Å². The van der Waals surface area contributed by atoms with Crippen LogP contribution in [0.4, 0.5) is 0 Å². The molecule has 0 radical (unpaired) electrons. The van der Waals surface area contributed by atoms with Crippen molar-refractivity contribution in [3.63, 3.8) is 0 Å². The van der Waals surface area contributed by atoms with Gasteiger partial charge in [0.25, 0.3) is 0 Å². The number of rotatable bonds is 2. The van der Waals surface area contributed by atoms with Crippen molar-refractivity contribution in [1.29, 1.82) is 0 Å². The Labute approximate surface area is 93.4 Å². The highest BCUT2D eigenvalue weighted by atomic mass is 127. The van der Waals surface area contributed by atoms with Crippen molar-refractivity contribution < 1.29 is 28.5 Å². The van der Waals surface area contributed by atoms with Crippen molar-refractivity contribution in [2.75, 3.05) is 27.7 Å². The highest BCUT2D eigenvalue weighted by Gasteiger charge is 2.17.